The number of rotatable bonds is 4. The van der Waals surface area contributed by atoms with Gasteiger partial charge >= 0.3 is 11.8 Å². The normalized spacial score (nSPS) is 19.7. The van der Waals surface area contributed by atoms with Crippen molar-refractivity contribution in [3.8, 4) is 11.4 Å². The molecule has 1 aliphatic carbocycles. The minimum Gasteiger partial charge on any atom is -0.368 e. The molecule has 1 saturated heterocycles. The maximum atomic E-state index is 12.3. The van der Waals surface area contributed by atoms with Gasteiger partial charge < -0.3 is 15.5 Å². The summed E-state index contributed by atoms with van der Waals surface area (Å²) in [6.07, 6.45) is 5.58. The predicted molar refractivity (Wildman–Crippen MR) is 118 cm³/mol. The van der Waals surface area contributed by atoms with Gasteiger partial charge in [-0.15, -0.1) is 0 Å². The quantitative estimate of drug-likeness (QED) is 0.629. The van der Waals surface area contributed by atoms with E-state index in [-0.39, 0.29) is 0 Å². The van der Waals surface area contributed by atoms with E-state index in [1.165, 1.54) is 24.9 Å². The fraction of sp³-hybridized carbons (Fsp3) is 0.273. The molecule has 2 aliphatic rings. The highest BCUT2D eigenvalue weighted by atomic mass is 32.1. The molecule has 152 valence electrons. The molecule has 3 aromatic rings. The number of hydrogen-bond acceptors (Lipinski definition) is 6. The summed E-state index contributed by atoms with van der Waals surface area (Å²) in [5, 5.41) is 5.75. The Morgan fingerprint density at radius 1 is 1.00 bits per heavy atom. The lowest BCUT2D eigenvalue weighted by molar-refractivity contribution is -0.132. The molecule has 0 radical (unpaired) electrons. The fourth-order valence-electron chi connectivity index (χ4n) is 4.30. The lowest BCUT2D eigenvalue weighted by Gasteiger charge is -2.29. The molecule has 1 aliphatic heterocycles. The summed E-state index contributed by atoms with van der Waals surface area (Å²) < 4.78 is 4.27. The van der Waals surface area contributed by atoms with Gasteiger partial charge in [0.25, 0.3) is 0 Å². The van der Waals surface area contributed by atoms with Crippen LogP contribution < -0.4 is 15.5 Å². The van der Waals surface area contributed by atoms with Crippen LogP contribution >= 0.6 is 11.5 Å². The zero-order chi connectivity index (χ0) is 20.5. The van der Waals surface area contributed by atoms with Gasteiger partial charge in [-0.3, -0.25) is 14.6 Å². The Hall–Kier alpha value is -3.26. The lowest BCUT2D eigenvalue weighted by Crippen LogP contribution is -2.31. The number of piperidine rings is 1. The molecular weight excluding hydrogens is 398 g/mol. The van der Waals surface area contributed by atoms with E-state index in [2.05, 4.69) is 24.9 Å². The molecule has 7 nitrogen and oxygen atoms in total. The molecule has 1 saturated carbocycles. The molecule has 2 unspecified atom stereocenters. The number of aromatic nitrogens is 2. The lowest BCUT2D eigenvalue weighted by atomic mass is 10.1. The Morgan fingerprint density at radius 2 is 1.83 bits per heavy atom. The number of hydrogen-bond donors (Lipinski definition) is 2. The number of fused-ring (bicyclic) bond motifs is 2. The van der Waals surface area contributed by atoms with Gasteiger partial charge in [-0.2, -0.15) is 4.37 Å². The zero-order valence-corrected chi connectivity index (χ0v) is 17.1. The maximum absolute atomic E-state index is 12.3. The third-order valence-electron chi connectivity index (χ3n) is 5.75. The van der Waals surface area contributed by atoms with E-state index in [4.69, 9.17) is 0 Å². The first kappa shape index (κ1) is 18.7. The van der Waals surface area contributed by atoms with E-state index >= 15 is 0 Å². The van der Waals surface area contributed by atoms with Crippen LogP contribution in [0.15, 0.2) is 54.7 Å². The first-order valence-corrected chi connectivity index (χ1v) is 10.8. The van der Waals surface area contributed by atoms with Gasteiger partial charge in [-0.05, 0) is 73.1 Å². The van der Waals surface area contributed by atoms with E-state index in [0.717, 1.165) is 24.0 Å². The van der Waals surface area contributed by atoms with Crippen LogP contribution in [0.25, 0.3) is 11.4 Å². The molecule has 2 bridgehead atoms. The Balaban J connectivity index is 1.18. The number of carbonyl (C=O) groups is 2. The maximum Gasteiger partial charge on any atom is 0.314 e. The van der Waals surface area contributed by atoms with Crippen LogP contribution in [0, 0.1) is 5.92 Å². The average molecular weight is 420 g/mol. The summed E-state index contributed by atoms with van der Waals surface area (Å²) in [4.78, 5) is 31.2. The van der Waals surface area contributed by atoms with E-state index in [0.29, 0.717) is 28.1 Å². The minimum absolute atomic E-state index is 0.496. The topological polar surface area (TPSA) is 87.2 Å². The van der Waals surface area contributed by atoms with Crippen molar-refractivity contribution in [3.05, 3.63) is 54.7 Å². The molecule has 1 aromatic carbocycles. The standard InChI is InChI=1S/C22H21N5O2S/c28-21(22(29)25-20-12-19(26-30-20)18-3-1-2-10-23-18)24-15-5-8-16(9-6-15)27-13-14-4-7-17(27)11-14/h1-3,5-6,8-10,12,14,17H,4,7,11,13H2,(H,24,28)(H,25,29). The van der Waals surface area contributed by atoms with E-state index in [1.54, 1.807) is 12.3 Å². The molecule has 2 amide bonds. The first-order valence-electron chi connectivity index (χ1n) is 10.0. The molecule has 2 fully saturated rings. The number of carbonyl (C=O) groups excluding carboxylic acids is 2. The number of benzene rings is 1. The van der Waals surface area contributed by atoms with Crippen LogP contribution in [0.2, 0.25) is 0 Å². The monoisotopic (exact) mass is 419 g/mol. The van der Waals surface area contributed by atoms with Gasteiger partial charge in [0, 0.05) is 36.2 Å². The number of anilines is 3. The molecule has 0 spiro atoms. The number of pyridine rings is 1. The highest BCUT2D eigenvalue weighted by Crippen LogP contribution is 2.40. The van der Waals surface area contributed by atoms with Crippen molar-refractivity contribution < 1.29 is 9.59 Å². The SMILES string of the molecule is O=C(Nc1ccc(N2CC3CCC2C3)cc1)C(=O)Nc1cc(-c2ccccn2)ns1. The fourth-order valence-corrected chi connectivity index (χ4v) is 4.95. The van der Waals surface area contributed by atoms with Gasteiger partial charge in [0.15, 0.2) is 0 Å². The van der Waals surface area contributed by atoms with Crippen LogP contribution in [0.5, 0.6) is 0 Å². The summed E-state index contributed by atoms with van der Waals surface area (Å²) in [5.41, 5.74) is 3.14. The Morgan fingerprint density at radius 3 is 2.53 bits per heavy atom. The smallest absolute Gasteiger partial charge is 0.314 e. The van der Waals surface area contributed by atoms with E-state index in [1.807, 2.05) is 42.5 Å². The Bertz CT molecular complexity index is 1070. The van der Waals surface area contributed by atoms with Gasteiger partial charge in [-0.25, -0.2) is 0 Å². The Labute approximate surface area is 178 Å². The molecule has 2 atom stereocenters. The summed E-state index contributed by atoms with van der Waals surface area (Å²) >= 11 is 1.11. The minimum atomic E-state index is -0.729. The van der Waals surface area contributed by atoms with Crippen LogP contribution in [0.3, 0.4) is 0 Å². The summed E-state index contributed by atoms with van der Waals surface area (Å²) in [5.74, 6) is -0.620. The highest BCUT2D eigenvalue weighted by Gasteiger charge is 2.37. The van der Waals surface area contributed by atoms with Gasteiger partial charge in [0.1, 0.15) is 10.7 Å². The van der Waals surface area contributed by atoms with Crippen LogP contribution in [0.4, 0.5) is 16.4 Å². The molecule has 30 heavy (non-hydrogen) atoms. The van der Waals surface area contributed by atoms with Crippen molar-refractivity contribution in [3.63, 3.8) is 0 Å². The number of amides is 2. The Kier molecular flexibility index (Phi) is 4.92. The molecule has 8 heteroatoms. The van der Waals surface area contributed by atoms with Gasteiger partial charge in [0.05, 0.1) is 5.69 Å². The third-order valence-corrected chi connectivity index (χ3v) is 6.45. The van der Waals surface area contributed by atoms with Crippen molar-refractivity contribution in [1.29, 1.82) is 0 Å². The summed E-state index contributed by atoms with van der Waals surface area (Å²) in [6.45, 7) is 1.12. The van der Waals surface area contributed by atoms with Crippen molar-refractivity contribution >= 4 is 39.7 Å². The summed E-state index contributed by atoms with van der Waals surface area (Å²) in [7, 11) is 0. The van der Waals surface area contributed by atoms with Crippen molar-refractivity contribution in [1.82, 2.24) is 9.36 Å². The summed E-state index contributed by atoms with van der Waals surface area (Å²) in [6, 6.07) is 15.6. The number of nitrogens with one attached hydrogen (secondary N) is 2. The van der Waals surface area contributed by atoms with Crippen molar-refractivity contribution in [2.24, 2.45) is 5.92 Å². The first-order chi connectivity index (χ1) is 14.7. The van der Waals surface area contributed by atoms with Gasteiger partial charge in [-0.1, -0.05) is 6.07 Å². The van der Waals surface area contributed by atoms with Crippen molar-refractivity contribution in [2.45, 2.75) is 25.3 Å². The highest BCUT2D eigenvalue weighted by molar-refractivity contribution is 7.10. The average Bonchev–Trinajstić information content (AvgIpc) is 3.52. The number of nitrogens with zero attached hydrogens (tertiary/aromatic N) is 3. The second kappa shape index (κ2) is 7.87. The van der Waals surface area contributed by atoms with E-state index < -0.39 is 11.8 Å². The van der Waals surface area contributed by atoms with Gasteiger partial charge in [0.2, 0.25) is 0 Å². The molecule has 3 heterocycles. The predicted octanol–water partition coefficient (Wildman–Crippen LogP) is 3.77. The third kappa shape index (κ3) is 3.78. The van der Waals surface area contributed by atoms with Crippen LogP contribution in [-0.2, 0) is 9.59 Å². The molecule has 2 N–H and O–H groups in total. The molecular formula is C22H21N5O2S. The van der Waals surface area contributed by atoms with E-state index in [9.17, 15) is 9.59 Å². The van der Waals surface area contributed by atoms with Crippen LogP contribution in [0.1, 0.15) is 19.3 Å². The van der Waals surface area contributed by atoms with Crippen LogP contribution in [-0.4, -0.2) is 33.8 Å². The molecule has 2 aromatic heterocycles. The second-order valence-corrected chi connectivity index (χ2v) is 8.54. The second-order valence-electron chi connectivity index (χ2n) is 7.73. The van der Waals surface area contributed by atoms with Crippen molar-refractivity contribution in [2.75, 3.05) is 22.1 Å². The molecule has 5 rings (SSSR count). The zero-order valence-electron chi connectivity index (χ0n) is 16.2. The largest absolute Gasteiger partial charge is 0.368 e.